The number of fused-ring (bicyclic) bond motifs is 2. The van der Waals surface area contributed by atoms with Crippen molar-refractivity contribution in [2.24, 2.45) is 0 Å². The smallest absolute Gasteiger partial charge is 0.317 e. The average Bonchev–Trinajstić information content (AvgIpc) is 2.34. The van der Waals surface area contributed by atoms with Crippen LogP contribution in [0.1, 0.15) is 6.42 Å². The van der Waals surface area contributed by atoms with Gasteiger partial charge in [-0.3, -0.25) is 4.57 Å². The molecule has 0 aromatic rings. The van der Waals surface area contributed by atoms with Crippen molar-refractivity contribution in [3.63, 3.8) is 0 Å². The summed E-state index contributed by atoms with van der Waals surface area (Å²) < 4.78 is 26.7. The van der Waals surface area contributed by atoms with Gasteiger partial charge in [0.1, 0.15) is 25.7 Å². The van der Waals surface area contributed by atoms with Crippen LogP contribution in [0.4, 0.5) is 0 Å². The normalized spacial score (nSPS) is 46.7. The molecule has 2 rings (SSSR count). The first-order chi connectivity index (χ1) is 7.09. The SMILES string of the molecule is B[C@@H]1O[C@@]2(CO)CCOC1C2O[PH](=O)O. The third-order valence-electron chi connectivity index (χ3n) is 3.03. The average molecular weight is 236 g/mol. The van der Waals surface area contributed by atoms with E-state index in [4.69, 9.17) is 18.9 Å². The molecule has 2 N–H and O–H groups in total. The van der Waals surface area contributed by atoms with E-state index in [9.17, 15) is 9.67 Å². The van der Waals surface area contributed by atoms with Gasteiger partial charge in [-0.25, -0.2) is 0 Å². The topological polar surface area (TPSA) is 85.2 Å². The Morgan fingerprint density at radius 3 is 3.00 bits per heavy atom. The van der Waals surface area contributed by atoms with Gasteiger partial charge in [0.2, 0.25) is 0 Å². The summed E-state index contributed by atoms with van der Waals surface area (Å²) in [5.74, 6) is 0. The first-order valence-corrected chi connectivity index (χ1v) is 6.15. The highest BCUT2D eigenvalue weighted by Gasteiger charge is 2.57. The largest absolute Gasteiger partial charge is 0.393 e. The molecule has 0 aromatic carbocycles. The third kappa shape index (κ3) is 1.88. The van der Waals surface area contributed by atoms with Crippen LogP contribution in [-0.2, 0) is 18.6 Å². The van der Waals surface area contributed by atoms with Crippen LogP contribution in [-0.4, -0.2) is 54.9 Å². The Bertz CT molecular complexity index is 276. The molecule has 2 fully saturated rings. The van der Waals surface area contributed by atoms with E-state index < -0.39 is 20.0 Å². The van der Waals surface area contributed by atoms with Crippen LogP contribution in [0.3, 0.4) is 0 Å². The summed E-state index contributed by atoms with van der Waals surface area (Å²) in [4.78, 5) is 8.80. The van der Waals surface area contributed by atoms with Crippen LogP contribution in [0, 0.1) is 0 Å². The molecule has 2 saturated heterocycles. The predicted molar refractivity (Wildman–Crippen MR) is 53.7 cm³/mol. The van der Waals surface area contributed by atoms with Gasteiger partial charge >= 0.3 is 8.25 Å². The second-order valence-corrected chi connectivity index (χ2v) is 4.70. The fourth-order valence-electron chi connectivity index (χ4n) is 2.33. The Hall–Kier alpha value is 0.0949. The van der Waals surface area contributed by atoms with Gasteiger partial charge in [-0.15, -0.1) is 0 Å². The number of rotatable bonds is 3. The summed E-state index contributed by atoms with van der Waals surface area (Å²) in [6.07, 6.45) is -0.543. The van der Waals surface area contributed by atoms with E-state index in [0.717, 1.165) is 0 Å². The molecule has 2 aliphatic heterocycles. The third-order valence-corrected chi connectivity index (χ3v) is 3.49. The lowest BCUT2D eigenvalue weighted by Gasteiger charge is -2.36. The highest BCUT2D eigenvalue weighted by molar-refractivity contribution is 7.32. The van der Waals surface area contributed by atoms with Crippen LogP contribution in [0.2, 0.25) is 0 Å². The van der Waals surface area contributed by atoms with Crippen molar-refractivity contribution < 1.29 is 28.6 Å². The van der Waals surface area contributed by atoms with Crippen LogP contribution in [0.5, 0.6) is 0 Å². The van der Waals surface area contributed by atoms with Crippen molar-refractivity contribution in [3.8, 4) is 0 Å². The maximum absolute atomic E-state index is 10.7. The van der Waals surface area contributed by atoms with Gasteiger partial charge in [0.15, 0.2) is 0 Å². The van der Waals surface area contributed by atoms with Crippen LogP contribution < -0.4 is 0 Å². The van der Waals surface area contributed by atoms with Crippen LogP contribution in [0.25, 0.3) is 0 Å². The first kappa shape index (κ1) is 11.6. The number of ether oxygens (including phenoxy) is 2. The Morgan fingerprint density at radius 2 is 2.40 bits per heavy atom. The van der Waals surface area contributed by atoms with E-state index in [0.29, 0.717) is 13.0 Å². The summed E-state index contributed by atoms with van der Waals surface area (Å²) in [6.45, 7) is 0.249. The van der Waals surface area contributed by atoms with Gasteiger partial charge in [0.25, 0.3) is 0 Å². The second-order valence-electron chi connectivity index (χ2n) is 3.94. The van der Waals surface area contributed by atoms with Crippen molar-refractivity contribution in [2.45, 2.75) is 30.2 Å². The minimum absolute atomic E-state index is 0.225. The number of hydrogen-bond acceptors (Lipinski definition) is 5. The molecular weight excluding hydrogens is 222 g/mol. The van der Waals surface area contributed by atoms with Gasteiger partial charge in [0, 0.05) is 6.42 Å². The van der Waals surface area contributed by atoms with E-state index >= 15 is 0 Å². The Morgan fingerprint density at radius 1 is 1.67 bits per heavy atom. The van der Waals surface area contributed by atoms with Crippen molar-refractivity contribution in [3.05, 3.63) is 0 Å². The van der Waals surface area contributed by atoms with Crippen molar-refractivity contribution >= 4 is 16.1 Å². The zero-order chi connectivity index (χ0) is 11.1. The predicted octanol–water partition coefficient (Wildman–Crippen LogP) is -1.74. The van der Waals surface area contributed by atoms with Crippen molar-refractivity contribution in [2.75, 3.05) is 13.2 Å². The molecular formula is C7H14BO6P. The summed E-state index contributed by atoms with van der Waals surface area (Å²) in [5.41, 5.74) is -0.870. The van der Waals surface area contributed by atoms with Gasteiger partial charge in [-0.2, -0.15) is 0 Å². The summed E-state index contributed by atoms with van der Waals surface area (Å²) in [7, 11) is -1.25. The lowest BCUT2D eigenvalue weighted by molar-refractivity contribution is -0.128. The molecule has 0 amide bonds. The van der Waals surface area contributed by atoms with E-state index in [2.05, 4.69) is 0 Å². The summed E-state index contributed by atoms with van der Waals surface area (Å²) in [6, 6.07) is -0.231. The van der Waals surface area contributed by atoms with E-state index in [1.807, 2.05) is 0 Å². The fourth-order valence-corrected chi connectivity index (χ4v) is 2.90. The van der Waals surface area contributed by atoms with Gasteiger partial charge in [0.05, 0.1) is 19.2 Å². The molecule has 0 spiro atoms. The van der Waals surface area contributed by atoms with Gasteiger partial charge < -0.3 is 24.0 Å². The molecule has 2 heterocycles. The highest BCUT2D eigenvalue weighted by atomic mass is 31.1. The molecule has 6 nitrogen and oxygen atoms in total. The van der Waals surface area contributed by atoms with Gasteiger partial charge in [-0.05, 0) is 0 Å². The summed E-state index contributed by atoms with van der Waals surface area (Å²) >= 11 is 0. The quantitative estimate of drug-likeness (QED) is 0.447. The molecule has 5 atom stereocenters. The Kier molecular flexibility index (Phi) is 3.21. The highest BCUT2D eigenvalue weighted by Crippen LogP contribution is 2.43. The molecule has 2 bridgehead atoms. The molecule has 0 aromatic heterocycles. The minimum atomic E-state index is -3.05. The zero-order valence-electron chi connectivity index (χ0n) is 8.38. The van der Waals surface area contributed by atoms with Crippen LogP contribution in [0.15, 0.2) is 0 Å². The van der Waals surface area contributed by atoms with E-state index in [1.165, 1.54) is 0 Å². The van der Waals surface area contributed by atoms with Crippen molar-refractivity contribution in [1.82, 2.24) is 0 Å². The standard InChI is InChI=1S/C7H14BO6P/c8-6-4-5(14-15(10)11)7(3-9,13-6)1-2-12-4/h4-6,9,15H,1-3,8H2,(H,10,11)/t4?,5?,6-,7-/m1/s1. The van der Waals surface area contributed by atoms with Gasteiger partial charge in [-0.1, -0.05) is 0 Å². The molecule has 8 heteroatoms. The number of aliphatic hydroxyl groups excluding tert-OH is 1. The molecule has 86 valence electrons. The monoisotopic (exact) mass is 236 g/mol. The maximum atomic E-state index is 10.7. The molecule has 15 heavy (non-hydrogen) atoms. The Labute approximate surface area is 88.9 Å². The van der Waals surface area contributed by atoms with Crippen molar-refractivity contribution in [1.29, 1.82) is 0 Å². The molecule has 3 unspecified atom stereocenters. The molecule has 2 aliphatic rings. The molecule has 0 radical (unpaired) electrons. The zero-order valence-corrected chi connectivity index (χ0v) is 9.38. The van der Waals surface area contributed by atoms with E-state index in [-0.39, 0.29) is 18.7 Å². The lowest BCUT2D eigenvalue weighted by Crippen LogP contribution is -2.52. The van der Waals surface area contributed by atoms with Crippen LogP contribution >= 0.6 is 8.25 Å². The fraction of sp³-hybridized carbons (Fsp3) is 1.00. The molecule has 0 aliphatic carbocycles. The minimum Gasteiger partial charge on any atom is -0.393 e. The number of aliphatic hydroxyl groups is 1. The molecule has 0 saturated carbocycles. The van der Waals surface area contributed by atoms with E-state index in [1.54, 1.807) is 7.85 Å². The second kappa shape index (κ2) is 4.16. The summed E-state index contributed by atoms with van der Waals surface area (Å²) in [5, 5.41) is 9.34. The maximum Gasteiger partial charge on any atom is 0.317 e. The Balaban J connectivity index is 2.22. The lowest BCUT2D eigenvalue weighted by atomic mass is 9.86. The number of hydrogen-bond donors (Lipinski definition) is 2. The first-order valence-electron chi connectivity index (χ1n) is 4.89.